The van der Waals surface area contributed by atoms with E-state index in [0.29, 0.717) is 19.3 Å². The standard InChI is InChI=1S/C64H105O11P/c1-4-7-10-13-16-19-22-25-28-29-30-31-34-35-38-41-44-47-50-53-62(66)71-57-61(75-64(68)55-52-49-46-43-40-37-33-27-24-21-18-15-12-9-6-3)59-73-76(69,70)72-58-60(56-65)74-63(67)54-51-48-45-42-39-36-32-26-23-20-17-14-11-8-5-2/h7,9-10,12,16-21,25-28,30-33,40,43,60-61,65H,4-6,8,11,13-15,22-24,29,34-39,41-42,44-59H2,1-3H3,(H,69,70)/b10-7-,12-9-,19-16-,20-17-,21-18-,28-25-,31-30-,32-26-,33-27-,43-40-. The lowest BCUT2D eigenvalue weighted by molar-refractivity contribution is -0.161. The Kier molecular flexibility index (Phi) is 54.0. The minimum absolute atomic E-state index is 0.105. The second-order valence-corrected chi connectivity index (χ2v) is 20.5. The lowest BCUT2D eigenvalue weighted by Gasteiger charge is -2.21. The first kappa shape index (κ1) is 71.9. The molecule has 0 amide bonds. The maximum Gasteiger partial charge on any atom is 0.472 e. The number of allylic oxidation sites excluding steroid dienone is 20. The minimum Gasteiger partial charge on any atom is -0.462 e. The molecule has 12 heteroatoms. The maximum absolute atomic E-state index is 12.9. The molecule has 0 aliphatic rings. The number of phosphoric ester groups is 1. The quantitative estimate of drug-likeness (QED) is 0.0197. The molecule has 76 heavy (non-hydrogen) atoms. The predicted octanol–water partition coefficient (Wildman–Crippen LogP) is 17.6. The summed E-state index contributed by atoms with van der Waals surface area (Å²) in [6, 6.07) is 0. The zero-order valence-electron chi connectivity index (χ0n) is 47.7. The SMILES string of the molecule is CC/C=C\C/C=C\C/C=C\C/C=C\CCCCCCCCC(=O)OCC(COP(=O)(O)OCC(CO)OC(=O)CCCCCCC/C=C\C/C=C\CCCCC)OC(=O)CCCC/C=C\C/C=C\C/C=C\C/C=C\CC. The van der Waals surface area contributed by atoms with Gasteiger partial charge in [-0.25, -0.2) is 4.57 Å². The van der Waals surface area contributed by atoms with Gasteiger partial charge in [0.05, 0.1) is 19.8 Å². The van der Waals surface area contributed by atoms with E-state index >= 15 is 0 Å². The van der Waals surface area contributed by atoms with Crippen molar-refractivity contribution < 1.29 is 52.2 Å². The van der Waals surface area contributed by atoms with E-state index in [1.165, 1.54) is 19.3 Å². The number of hydrogen-bond acceptors (Lipinski definition) is 10. The number of hydrogen-bond donors (Lipinski definition) is 2. The van der Waals surface area contributed by atoms with E-state index in [1.807, 2.05) is 0 Å². The highest BCUT2D eigenvalue weighted by molar-refractivity contribution is 7.47. The van der Waals surface area contributed by atoms with Gasteiger partial charge in [0.1, 0.15) is 12.7 Å². The molecule has 0 aliphatic heterocycles. The van der Waals surface area contributed by atoms with Gasteiger partial charge in [-0.05, 0) is 128 Å². The third-order valence-corrected chi connectivity index (χ3v) is 12.8. The average molecular weight is 1080 g/mol. The molecule has 11 nitrogen and oxygen atoms in total. The summed E-state index contributed by atoms with van der Waals surface area (Å²) in [5.74, 6) is -1.56. The Morgan fingerprint density at radius 3 is 1.08 bits per heavy atom. The van der Waals surface area contributed by atoms with Crippen molar-refractivity contribution in [3.63, 3.8) is 0 Å². The number of phosphoric acid groups is 1. The van der Waals surface area contributed by atoms with Crippen LogP contribution < -0.4 is 0 Å². The van der Waals surface area contributed by atoms with Gasteiger partial charge < -0.3 is 24.2 Å². The summed E-state index contributed by atoms with van der Waals surface area (Å²) in [5.41, 5.74) is 0. The van der Waals surface area contributed by atoms with Crippen LogP contribution >= 0.6 is 7.82 Å². The largest absolute Gasteiger partial charge is 0.472 e. The average Bonchev–Trinajstić information content (AvgIpc) is 3.41. The van der Waals surface area contributed by atoms with E-state index in [2.05, 4.69) is 142 Å². The van der Waals surface area contributed by atoms with E-state index in [9.17, 15) is 28.9 Å². The third kappa shape index (κ3) is 54.7. The number of carbonyl (C=O) groups excluding carboxylic acids is 3. The van der Waals surface area contributed by atoms with Crippen LogP contribution in [0.25, 0.3) is 0 Å². The van der Waals surface area contributed by atoms with Crippen molar-refractivity contribution in [3.05, 3.63) is 122 Å². The number of carbonyl (C=O) groups is 3. The Morgan fingerprint density at radius 2 is 0.684 bits per heavy atom. The molecule has 0 aromatic rings. The van der Waals surface area contributed by atoms with Crippen LogP contribution in [-0.2, 0) is 42.2 Å². The van der Waals surface area contributed by atoms with Crippen LogP contribution in [0.1, 0.15) is 226 Å². The van der Waals surface area contributed by atoms with Crippen molar-refractivity contribution in [2.45, 2.75) is 238 Å². The summed E-state index contributed by atoms with van der Waals surface area (Å²) >= 11 is 0. The van der Waals surface area contributed by atoms with Gasteiger partial charge in [0.25, 0.3) is 0 Å². The molecule has 0 aromatic carbocycles. The minimum atomic E-state index is -4.78. The molecule has 0 rings (SSSR count). The highest BCUT2D eigenvalue weighted by Gasteiger charge is 2.28. The molecule has 432 valence electrons. The van der Waals surface area contributed by atoms with E-state index < -0.39 is 57.8 Å². The molecular formula is C64H105O11P. The topological polar surface area (TPSA) is 155 Å². The van der Waals surface area contributed by atoms with Gasteiger partial charge in [-0.2, -0.15) is 0 Å². The van der Waals surface area contributed by atoms with Crippen molar-refractivity contribution in [3.8, 4) is 0 Å². The van der Waals surface area contributed by atoms with Gasteiger partial charge >= 0.3 is 25.7 Å². The molecule has 0 aliphatic carbocycles. The number of aliphatic hydroxyl groups excluding tert-OH is 1. The predicted molar refractivity (Wildman–Crippen MR) is 316 cm³/mol. The fourth-order valence-electron chi connectivity index (χ4n) is 7.43. The Morgan fingerprint density at radius 1 is 0.382 bits per heavy atom. The lowest BCUT2D eigenvalue weighted by atomic mass is 10.1. The van der Waals surface area contributed by atoms with Crippen molar-refractivity contribution in [2.75, 3.05) is 26.4 Å². The van der Waals surface area contributed by atoms with Gasteiger partial charge in [0.2, 0.25) is 0 Å². The van der Waals surface area contributed by atoms with E-state index in [0.717, 1.165) is 148 Å². The molecule has 0 saturated carbocycles. The highest BCUT2D eigenvalue weighted by atomic mass is 31.2. The second-order valence-electron chi connectivity index (χ2n) is 19.0. The van der Waals surface area contributed by atoms with E-state index in [1.54, 1.807) is 0 Å². The lowest BCUT2D eigenvalue weighted by Crippen LogP contribution is -2.30. The molecule has 0 bridgehead atoms. The van der Waals surface area contributed by atoms with Crippen LogP contribution in [0.5, 0.6) is 0 Å². The van der Waals surface area contributed by atoms with Crippen molar-refractivity contribution in [1.29, 1.82) is 0 Å². The van der Waals surface area contributed by atoms with Gasteiger partial charge in [-0.3, -0.25) is 23.4 Å². The Labute approximate surface area is 462 Å². The maximum atomic E-state index is 12.9. The number of unbranched alkanes of at least 4 members (excludes halogenated alkanes) is 16. The number of esters is 3. The summed E-state index contributed by atoms with van der Waals surface area (Å²) < 4.78 is 39.5. The molecule has 3 atom stereocenters. The first-order chi connectivity index (χ1) is 37.2. The van der Waals surface area contributed by atoms with Gasteiger partial charge in [-0.1, -0.05) is 200 Å². The summed E-state index contributed by atoms with van der Waals surface area (Å²) in [6.45, 7) is 4.30. The Balaban J connectivity index is 4.82. The molecule has 0 aromatic heterocycles. The van der Waals surface area contributed by atoms with Gasteiger partial charge in [0, 0.05) is 19.3 Å². The number of ether oxygens (including phenoxy) is 3. The van der Waals surface area contributed by atoms with Gasteiger partial charge in [0.15, 0.2) is 6.10 Å². The van der Waals surface area contributed by atoms with Gasteiger partial charge in [-0.15, -0.1) is 0 Å². The molecule has 2 N–H and O–H groups in total. The zero-order valence-corrected chi connectivity index (χ0v) is 48.6. The number of rotatable bonds is 53. The second kappa shape index (κ2) is 57.1. The molecule has 0 saturated heterocycles. The van der Waals surface area contributed by atoms with E-state index in [4.69, 9.17) is 23.3 Å². The summed E-state index contributed by atoms with van der Waals surface area (Å²) in [4.78, 5) is 48.6. The first-order valence-electron chi connectivity index (χ1n) is 29.4. The van der Waals surface area contributed by atoms with Crippen LogP contribution in [-0.4, -0.2) is 66.5 Å². The Bertz CT molecular complexity index is 1740. The third-order valence-electron chi connectivity index (χ3n) is 11.8. The van der Waals surface area contributed by atoms with Crippen LogP contribution in [0.2, 0.25) is 0 Å². The molecule has 0 radical (unpaired) electrons. The van der Waals surface area contributed by atoms with Crippen LogP contribution in [0.3, 0.4) is 0 Å². The molecule has 3 unspecified atom stereocenters. The molecular weight excluding hydrogens is 976 g/mol. The molecule has 0 fully saturated rings. The zero-order chi connectivity index (χ0) is 55.5. The van der Waals surface area contributed by atoms with Crippen LogP contribution in [0.4, 0.5) is 0 Å². The summed E-state index contributed by atoms with van der Waals surface area (Å²) in [5, 5.41) is 9.82. The first-order valence-corrected chi connectivity index (χ1v) is 30.9. The Hall–Kier alpha value is -4.12. The molecule has 0 heterocycles. The highest BCUT2D eigenvalue weighted by Crippen LogP contribution is 2.43. The van der Waals surface area contributed by atoms with Crippen molar-refractivity contribution in [2.24, 2.45) is 0 Å². The smallest absolute Gasteiger partial charge is 0.462 e. The summed E-state index contributed by atoms with van der Waals surface area (Å²) in [6.07, 6.45) is 70.1. The fraction of sp³-hybridized carbons (Fsp3) is 0.641. The van der Waals surface area contributed by atoms with Crippen molar-refractivity contribution in [1.82, 2.24) is 0 Å². The normalized spacial score (nSPS) is 14.2. The molecule has 0 spiro atoms. The van der Waals surface area contributed by atoms with E-state index in [-0.39, 0.29) is 25.9 Å². The van der Waals surface area contributed by atoms with Crippen molar-refractivity contribution >= 4 is 25.7 Å². The fourth-order valence-corrected chi connectivity index (χ4v) is 8.21. The number of aliphatic hydroxyl groups is 1. The summed E-state index contributed by atoms with van der Waals surface area (Å²) in [7, 11) is -4.78. The van der Waals surface area contributed by atoms with Crippen LogP contribution in [0.15, 0.2) is 122 Å². The van der Waals surface area contributed by atoms with Crippen LogP contribution in [0, 0.1) is 0 Å². The monoisotopic (exact) mass is 1080 g/mol.